The molecule has 1 aliphatic carbocycles. The van der Waals surface area contributed by atoms with E-state index in [4.69, 9.17) is 16.6 Å². The van der Waals surface area contributed by atoms with Crippen LogP contribution in [0.3, 0.4) is 0 Å². The molecule has 80 valence electrons. The van der Waals surface area contributed by atoms with Crippen molar-refractivity contribution in [3.05, 3.63) is 11.3 Å². The molecule has 5 N–H and O–H groups in total. The van der Waals surface area contributed by atoms with Gasteiger partial charge in [-0.15, -0.1) is 0 Å². The second kappa shape index (κ2) is 3.38. The molecule has 0 aromatic carbocycles. The van der Waals surface area contributed by atoms with Crippen LogP contribution in [0.1, 0.15) is 17.7 Å². The average Bonchev–Trinajstić information content (AvgIpc) is 2.16. The van der Waals surface area contributed by atoms with E-state index in [0.29, 0.717) is 25.1 Å². The minimum Gasteiger partial charge on any atom is -0.481 e. The van der Waals surface area contributed by atoms with Gasteiger partial charge in [-0.2, -0.15) is 4.98 Å². The van der Waals surface area contributed by atoms with E-state index < -0.39 is 5.97 Å². The van der Waals surface area contributed by atoms with Crippen LogP contribution in [0.5, 0.6) is 0 Å². The SMILES string of the molecule is Nc1nc(N)c2c(n1)CC[C@@H](C(=O)O)C2. The van der Waals surface area contributed by atoms with Crippen LogP contribution in [-0.4, -0.2) is 21.0 Å². The molecular formula is C9H12N4O2. The summed E-state index contributed by atoms with van der Waals surface area (Å²) in [7, 11) is 0. The third kappa shape index (κ3) is 1.70. The Labute approximate surface area is 86.3 Å². The number of nitrogen functional groups attached to an aromatic ring is 2. The van der Waals surface area contributed by atoms with E-state index in [1.807, 2.05) is 0 Å². The molecular weight excluding hydrogens is 196 g/mol. The zero-order valence-corrected chi connectivity index (χ0v) is 8.10. The lowest BCUT2D eigenvalue weighted by atomic mass is 9.87. The Morgan fingerprint density at radius 2 is 2.13 bits per heavy atom. The number of nitrogens with zero attached hydrogens (tertiary/aromatic N) is 2. The Kier molecular flexibility index (Phi) is 2.18. The normalized spacial score (nSPS) is 19.6. The van der Waals surface area contributed by atoms with Gasteiger partial charge in [0.25, 0.3) is 0 Å². The Morgan fingerprint density at radius 3 is 2.80 bits per heavy atom. The Hall–Kier alpha value is -1.85. The average molecular weight is 208 g/mol. The summed E-state index contributed by atoms with van der Waals surface area (Å²) in [6, 6.07) is 0. The molecule has 0 saturated carbocycles. The van der Waals surface area contributed by atoms with Crippen LogP contribution >= 0.6 is 0 Å². The summed E-state index contributed by atoms with van der Waals surface area (Å²) in [5, 5.41) is 8.90. The van der Waals surface area contributed by atoms with Gasteiger partial charge in [-0.05, 0) is 19.3 Å². The molecule has 0 unspecified atom stereocenters. The molecule has 0 amide bonds. The first-order valence-corrected chi connectivity index (χ1v) is 4.71. The minimum atomic E-state index is -0.795. The van der Waals surface area contributed by atoms with Crippen molar-refractivity contribution < 1.29 is 9.90 Å². The van der Waals surface area contributed by atoms with Crippen molar-refractivity contribution in [2.45, 2.75) is 19.3 Å². The van der Waals surface area contributed by atoms with E-state index in [9.17, 15) is 4.79 Å². The van der Waals surface area contributed by atoms with Gasteiger partial charge in [0.2, 0.25) is 5.95 Å². The number of fused-ring (bicyclic) bond motifs is 1. The standard InChI is InChI=1S/C9H12N4O2/c10-7-5-3-4(8(14)15)1-2-6(5)12-9(11)13-7/h4H,1-3H2,(H,14,15)(H4,10,11,12,13)/t4-/m1/s1. The number of aryl methyl sites for hydroxylation is 1. The van der Waals surface area contributed by atoms with Crippen molar-refractivity contribution in [2.24, 2.45) is 5.92 Å². The van der Waals surface area contributed by atoms with Gasteiger partial charge in [0, 0.05) is 5.56 Å². The molecule has 0 bridgehead atoms. The van der Waals surface area contributed by atoms with E-state index in [0.717, 1.165) is 11.3 Å². The van der Waals surface area contributed by atoms with Crippen LogP contribution in [0.2, 0.25) is 0 Å². The van der Waals surface area contributed by atoms with Gasteiger partial charge in [0.1, 0.15) is 5.82 Å². The molecule has 6 heteroatoms. The summed E-state index contributed by atoms with van der Waals surface area (Å²) >= 11 is 0. The number of aliphatic carboxylic acids is 1. The van der Waals surface area contributed by atoms with Gasteiger partial charge in [0.15, 0.2) is 0 Å². The van der Waals surface area contributed by atoms with Crippen molar-refractivity contribution in [1.29, 1.82) is 0 Å². The van der Waals surface area contributed by atoms with Gasteiger partial charge in [-0.25, -0.2) is 4.98 Å². The Morgan fingerprint density at radius 1 is 1.40 bits per heavy atom. The predicted octanol–water partition coefficient (Wildman–Crippen LogP) is -0.170. The molecule has 1 heterocycles. The van der Waals surface area contributed by atoms with Gasteiger partial charge < -0.3 is 16.6 Å². The predicted molar refractivity (Wildman–Crippen MR) is 54.0 cm³/mol. The summed E-state index contributed by atoms with van der Waals surface area (Å²) in [5.74, 6) is -0.715. The molecule has 0 saturated heterocycles. The van der Waals surface area contributed by atoms with Crippen LogP contribution in [0.25, 0.3) is 0 Å². The number of aromatic nitrogens is 2. The maximum absolute atomic E-state index is 10.8. The highest BCUT2D eigenvalue weighted by Gasteiger charge is 2.27. The van der Waals surface area contributed by atoms with Crippen molar-refractivity contribution in [3.63, 3.8) is 0 Å². The quantitative estimate of drug-likeness (QED) is 0.590. The molecule has 1 aromatic heterocycles. The van der Waals surface area contributed by atoms with Crippen LogP contribution in [0.15, 0.2) is 0 Å². The van der Waals surface area contributed by atoms with Gasteiger partial charge in [-0.3, -0.25) is 4.79 Å². The number of carbonyl (C=O) groups is 1. The second-order valence-electron chi connectivity index (χ2n) is 3.67. The van der Waals surface area contributed by atoms with Crippen LogP contribution < -0.4 is 11.5 Å². The third-order valence-corrected chi connectivity index (χ3v) is 2.67. The fraction of sp³-hybridized carbons (Fsp3) is 0.444. The van der Waals surface area contributed by atoms with Crippen molar-refractivity contribution >= 4 is 17.7 Å². The van der Waals surface area contributed by atoms with Crippen LogP contribution in [0, 0.1) is 5.92 Å². The Bertz CT molecular complexity index is 419. The number of rotatable bonds is 1. The Balaban J connectivity index is 2.37. The minimum absolute atomic E-state index is 0.153. The van der Waals surface area contributed by atoms with E-state index in [1.165, 1.54) is 0 Å². The molecule has 15 heavy (non-hydrogen) atoms. The number of hydrogen-bond acceptors (Lipinski definition) is 5. The van der Waals surface area contributed by atoms with Crippen molar-refractivity contribution in [2.75, 3.05) is 11.5 Å². The highest BCUT2D eigenvalue weighted by Crippen LogP contribution is 2.27. The molecule has 0 aliphatic heterocycles. The van der Waals surface area contributed by atoms with E-state index >= 15 is 0 Å². The van der Waals surface area contributed by atoms with Crippen molar-refractivity contribution in [3.8, 4) is 0 Å². The number of nitrogens with two attached hydrogens (primary N) is 2. The second-order valence-corrected chi connectivity index (χ2v) is 3.67. The first-order chi connectivity index (χ1) is 7.08. The monoisotopic (exact) mass is 208 g/mol. The first-order valence-electron chi connectivity index (χ1n) is 4.71. The maximum Gasteiger partial charge on any atom is 0.306 e. The van der Waals surface area contributed by atoms with E-state index in [2.05, 4.69) is 9.97 Å². The molecule has 2 rings (SSSR count). The van der Waals surface area contributed by atoms with Gasteiger partial charge in [0.05, 0.1) is 11.6 Å². The number of carboxylic acid groups (broad SMARTS) is 1. The van der Waals surface area contributed by atoms with Crippen LogP contribution in [0.4, 0.5) is 11.8 Å². The number of hydrogen-bond donors (Lipinski definition) is 3. The van der Waals surface area contributed by atoms with Crippen LogP contribution in [-0.2, 0) is 17.6 Å². The fourth-order valence-corrected chi connectivity index (χ4v) is 1.87. The molecule has 0 radical (unpaired) electrons. The summed E-state index contributed by atoms with van der Waals surface area (Å²) < 4.78 is 0. The molecule has 0 fully saturated rings. The van der Waals surface area contributed by atoms with E-state index in [-0.39, 0.29) is 11.9 Å². The van der Waals surface area contributed by atoms with Crippen molar-refractivity contribution in [1.82, 2.24) is 9.97 Å². The zero-order chi connectivity index (χ0) is 11.0. The first kappa shape index (κ1) is 9.70. The molecule has 0 spiro atoms. The fourth-order valence-electron chi connectivity index (χ4n) is 1.87. The number of anilines is 2. The maximum atomic E-state index is 10.8. The largest absolute Gasteiger partial charge is 0.481 e. The lowest BCUT2D eigenvalue weighted by molar-refractivity contribution is -0.142. The smallest absolute Gasteiger partial charge is 0.306 e. The topological polar surface area (TPSA) is 115 Å². The molecule has 6 nitrogen and oxygen atoms in total. The highest BCUT2D eigenvalue weighted by atomic mass is 16.4. The third-order valence-electron chi connectivity index (χ3n) is 2.67. The van der Waals surface area contributed by atoms with Gasteiger partial charge in [-0.1, -0.05) is 0 Å². The molecule has 1 atom stereocenters. The van der Waals surface area contributed by atoms with Gasteiger partial charge >= 0.3 is 5.97 Å². The number of carboxylic acids is 1. The summed E-state index contributed by atoms with van der Waals surface area (Å²) in [4.78, 5) is 18.7. The lowest BCUT2D eigenvalue weighted by Gasteiger charge is -2.21. The zero-order valence-electron chi connectivity index (χ0n) is 8.10. The molecule has 1 aliphatic rings. The summed E-state index contributed by atoms with van der Waals surface area (Å²) in [5.41, 5.74) is 12.7. The van der Waals surface area contributed by atoms with E-state index in [1.54, 1.807) is 0 Å². The lowest BCUT2D eigenvalue weighted by Crippen LogP contribution is -2.24. The summed E-state index contributed by atoms with van der Waals surface area (Å²) in [6.07, 6.45) is 1.58. The molecule has 1 aromatic rings. The summed E-state index contributed by atoms with van der Waals surface area (Å²) in [6.45, 7) is 0. The highest BCUT2D eigenvalue weighted by molar-refractivity contribution is 5.71.